The van der Waals surface area contributed by atoms with Crippen molar-refractivity contribution in [3.8, 4) is 0 Å². The first kappa shape index (κ1) is 18.4. The minimum absolute atomic E-state index is 0.0141. The highest BCUT2D eigenvalue weighted by Crippen LogP contribution is 2.26. The fraction of sp³-hybridized carbons (Fsp3) is 0.235. The average Bonchev–Trinajstić information content (AvgIpc) is 3.38. The Morgan fingerprint density at radius 1 is 1.20 bits per heavy atom. The molecule has 0 heterocycles. The average molecular weight is 441 g/mol. The maximum absolute atomic E-state index is 12.6. The molecule has 8 heteroatoms. The Morgan fingerprint density at radius 3 is 2.64 bits per heavy atom. The Balaban J connectivity index is 1.85. The Labute approximate surface area is 159 Å². The normalized spacial score (nSPS) is 14.3. The molecule has 5 nitrogen and oxygen atoms in total. The van der Waals surface area contributed by atoms with Crippen molar-refractivity contribution in [1.29, 1.82) is 0 Å². The molecule has 1 saturated carbocycles. The summed E-state index contributed by atoms with van der Waals surface area (Å²) in [6.45, 7) is 0. The van der Waals surface area contributed by atoms with E-state index < -0.39 is 10.0 Å². The number of thioether (sulfide) groups is 1. The fourth-order valence-corrected chi connectivity index (χ4v) is 4.45. The summed E-state index contributed by atoms with van der Waals surface area (Å²) in [6, 6.07) is 11.9. The van der Waals surface area contributed by atoms with Crippen molar-refractivity contribution < 1.29 is 13.2 Å². The van der Waals surface area contributed by atoms with Crippen molar-refractivity contribution >= 4 is 49.3 Å². The summed E-state index contributed by atoms with van der Waals surface area (Å²) in [5.41, 5.74) is 0.932. The van der Waals surface area contributed by atoms with Gasteiger partial charge in [0, 0.05) is 21.1 Å². The van der Waals surface area contributed by atoms with E-state index in [0.29, 0.717) is 10.2 Å². The topological polar surface area (TPSA) is 75.3 Å². The van der Waals surface area contributed by atoms with Crippen molar-refractivity contribution in [3.63, 3.8) is 0 Å². The predicted octanol–water partition coefficient (Wildman–Crippen LogP) is 3.86. The first-order valence-electron chi connectivity index (χ1n) is 7.66. The highest BCUT2D eigenvalue weighted by Gasteiger charge is 2.28. The first-order chi connectivity index (χ1) is 11.9. The zero-order chi connectivity index (χ0) is 18.0. The molecule has 0 atom stereocenters. The summed E-state index contributed by atoms with van der Waals surface area (Å²) in [5, 5.41) is 2.81. The van der Waals surface area contributed by atoms with Gasteiger partial charge >= 0.3 is 0 Å². The number of halogens is 1. The summed E-state index contributed by atoms with van der Waals surface area (Å²) in [4.78, 5) is 13.7. The number of carbonyl (C=O) groups excluding carboxylic acids is 1. The van der Waals surface area contributed by atoms with E-state index in [1.807, 2.05) is 24.5 Å². The molecule has 0 unspecified atom stereocenters. The monoisotopic (exact) mass is 440 g/mol. The molecule has 3 rings (SSSR count). The highest BCUT2D eigenvalue weighted by atomic mass is 79.9. The molecule has 0 saturated heterocycles. The fourth-order valence-electron chi connectivity index (χ4n) is 2.23. The third kappa shape index (κ3) is 4.63. The molecule has 2 aromatic rings. The lowest BCUT2D eigenvalue weighted by Gasteiger charge is -2.11. The van der Waals surface area contributed by atoms with Crippen LogP contribution < -0.4 is 10.0 Å². The summed E-state index contributed by atoms with van der Waals surface area (Å²) in [7, 11) is -3.61. The van der Waals surface area contributed by atoms with Gasteiger partial charge in [-0.1, -0.05) is 6.07 Å². The number of anilines is 1. The lowest BCUT2D eigenvalue weighted by Crippen LogP contribution is -2.26. The number of rotatable bonds is 6. The zero-order valence-electron chi connectivity index (χ0n) is 13.5. The molecule has 0 aromatic heterocycles. The molecule has 1 aliphatic carbocycles. The second kappa shape index (κ2) is 7.49. The first-order valence-corrected chi connectivity index (χ1v) is 11.2. The molecule has 132 valence electrons. The lowest BCUT2D eigenvalue weighted by molar-refractivity contribution is 0.102. The van der Waals surface area contributed by atoms with E-state index in [4.69, 9.17) is 0 Å². The van der Waals surface area contributed by atoms with E-state index in [1.165, 1.54) is 12.1 Å². The molecule has 0 aliphatic heterocycles. The third-order valence-electron chi connectivity index (χ3n) is 3.72. The Kier molecular flexibility index (Phi) is 5.52. The molecule has 2 aromatic carbocycles. The van der Waals surface area contributed by atoms with Gasteiger partial charge in [-0.15, -0.1) is 11.8 Å². The quantitative estimate of drug-likeness (QED) is 0.668. The third-order valence-corrected chi connectivity index (χ3v) is 6.65. The summed E-state index contributed by atoms with van der Waals surface area (Å²) < 4.78 is 27.9. The maximum Gasteiger partial charge on any atom is 0.256 e. The van der Waals surface area contributed by atoms with E-state index in [-0.39, 0.29) is 22.4 Å². The molecule has 25 heavy (non-hydrogen) atoms. The van der Waals surface area contributed by atoms with E-state index >= 15 is 0 Å². The van der Waals surface area contributed by atoms with Crippen molar-refractivity contribution in [2.75, 3.05) is 11.6 Å². The molecule has 0 bridgehead atoms. The van der Waals surface area contributed by atoms with Crippen LogP contribution in [0, 0.1) is 0 Å². The van der Waals surface area contributed by atoms with Crippen molar-refractivity contribution in [3.05, 3.63) is 52.5 Å². The Hall–Kier alpha value is -1.35. The second-order valence-electron chi connectivity index (χ2n) is 5.72. The van der Waals surface area contributed by atoms with Gasteiger partial charge in [-0.2, -0.15) is 0 Å². The molecule has 0 radical (unpaired) electrons. The number of sulfonamides is 1. The van der Waals surface area contributed by atoms with Gasteiger partial charge in [0.25, 0.3) is 5.91 Å². The van der Waals surface area contributed by atoms with Crippen LogP contribution in [0.3, 0.4) is 0 Å². The Bertz CT molecular complexity index is 912. The van der Waals surface area contributed by atoms with Crippen LogP contribution in [0.25, 0.3) is 0 Å². The second-order valence-corrected chi connectivity index (χ2v) is 9.17. The number of hydrogen-bond donors (Lipinski definition) is 2. The van der Waals surface area contributed by atoms with Crippen molar-refractivity contribution in [1.82, 2.24) is 4.72 Å². The van der Waals surface area contributed by atoms with Gasteiger partial charge in [0.05, 0.1) is 10.5 Å². The van der Waals surface area contributed by atoms with E-state index in [2.05, 4.69) is 26.0 Å². The van der Waals surface area contributed by atoms with Crippen molar-refractivity contribution in [2.24, 2.45) is 0 Å². The minimum Gasteiger partial charge on any atom is -0.322 e. The van der Waals surface area contributed by atoms with Crippen LogP contribution in [0.5, 0.6) is 0 Å². The van der Waals surface area contributed by atoms with Gasteiger partial charge in [-0.25, -0.2) is 13.1 Å². The highest BCUT2D eigenvalue weighted by molar-refractivity contribution is 9.10. The number of hydrogen-bond acceptors (Lipinski definition) is 4. The minimum atomic E-state index is -3.61. The van der Waals surface area contributed by atoms with Gasteiger partial charge in [0.2, 0.25) is 10.0 Å². The van der Waals surface area contributed by atoms with E-state index in [9.17, 15) is 13.2 Å². The molecule has 1 amide bonds. The molecule has 0 spiro atoms. The van der Waals surface area contributed by atoms with Crippen molar-refractivity contribution in [2.45, 2.75) is 28.7 Å². The van der Waals surface area contributed by atoms with Crippen LogP contribution in [0.2, 0.25) is 0 Å². The van der Waals surface area contributed by atoms with Crippen LogP contribution in [-0.4, -0.2) is 26.6 Å². The molecule has 1 aliphatic rings. The lowest BCUT2D eigenvalue weighted by atomic mass is 10.2. The molecule has 2 N–H and O–H groups in total. The van der Waals surface area contributed by atoms with Gasteiger partial charge in [0.15, 0.2) is 0 Å². The van der Waals surface area contributed by atoms with Crippen LogP contribution in [0.1, 0.15) is 23.2 Å². The van der Waals surface area contributed by atoms with E-state index in [0.717, 1.165) is 17.7 Å². The summed E-state index contributed by atoms with van der Waals surface area (Å²) >= 11 is 4.90. The van der Waals surface area contributed by atoms with Gasteiger partial charge in [0.1, 0.15) is 0 Å². The number of amides is 1. The predicted molar refractivity (Wildman–Crippen MR) is 104 cm³/mol. The summed E-state index contributed by atoms with van der Waals surface area (Å²) in [6.07, 6.45) is 3.67. The molecular weight excluding hydrogens is 424 g/mol. The number of carbonyl (C=O) groups is 1. The zero-order valence-corrected chi connectivity index (χ0v) is 16.7. The van der Waals surface area contributed by atoms with Gasteiger partial charge in [-0.05, 0) is 71.4 Å². The molecule has 1 fully saturated rings. The maximum atomic E-state index is 12.6. The standard InChI is InChI=1S/C17H17BrN2O3S2/c1-24-13-4-2-3-12(9-13)19-17(21)15-10-14(7-8-16(15)18)25(22,23)20-11-5-6-11/h2-4,7-11,20H,5-6H2,1H3,(H,19,21). The molecular formula is C17H17BrN2O3S2. The van der Waals surface area contributed by atoms with Gasteiger partial charge in [-0.3, -0.25) is 4.79 Å². The SMILES string of the molecule is CSc1cccc(NC(=O)c2cc(S(=O)(=O)NC3CC3)ccc2Br)c1. The summed E-state index contributed by atoms with van der Waals surface area (Å²) in [5.74, 6) is -0.367. The van der Waals surface area contributed by atoms with Gasteiger partial charge < -0.3 is 5.32 Å². The van der Waals surface area contributed by atoms with Crippen LogP contribution in [0.4, 0.5) is 5.69 Å². The van der Waals surface area contributed by atoms with E-state index in [1.54, 1.807) is 23.9 Å². The number of nitrogens with one attached hydrogen (secondary N) is 2. The smallest absolute Gasteiger partial charge is 0.256 e. The Morgan fingerprint density at radius 2 is 1.96 bits per heavy atom. The largest absolute Gasteiger partial charge is 0.322 e. The number of benzene rings is 2. The van der Waals surface area contributed by atoms with Crippen LogP contribution in [-0.2, 0) is 10.0 Å². The van der Waals surface area contributed by atoms with Crippen LogP contribution in [0.15, 0.2) is 56.7 Å². The van der Waals surface area contributed by atoms with Crippen LogP contribution >= 0.6 is 27.7 Å².